The maximum atomic E-state index is 11.3. The number of rotatable bonds is 4. The monoisotopic (exact) mass is 259 g/mol. The first kappa shape index (κ1) is 13.3. The third kappa shape index (κ3) is 3.63. The highest BCUT2D eigenvalue weighted by molar-refractivity contribution is 7.92. The second-order valence-electron chi connectivity index (χ2n) is 3.28. The lowest BCUT2D eigenvalue weighted by molar-refractivity contribution is 0.0600. The molecule has 0 radical (unpaired) electrons. The van der Waals surface area contributed by atoms with Crippen molar-refractivity contribution in [2.24, 2.45) is 0 Å². The Morgan fingerprint density at radius 3 is 2.41 bits per heavy atom. The van der Waals surface area contributed by atoms with Crippen LogP contribution in [0.2, 0.25) is 0 Å². The standard InChI is InChI=1S/C10H13NO5S/c1-15-9-6-7(10(12)16-2)4-5-8(9)11-17(3,13)14/h4-6,11H,1-3H3. The van der Waals surface area contributed by atoms with Crippen molar-refractivity contribution in [3.8, 4) is 5.75 Å². The average molecular weight is 259 g/mol. The number of ether oxygens (including phenoxy) is 2. The topological polar surface area (TPSA) is 81.7 Å². The minimum atomic E-state index is -3.39. The molecule has 6 nitrogen and oxygen atoms in total. The summed E-state index contributed by atoms with van der Waals surface area (Å²) in [5, 5.41) is 0. The molecule has 7 heteroatoms. The molecule has 1 aromatic rings. The molecule has 0 aromatic heterocycles. The van der Waals surface area contributed by atoms with E-state index in [2.05, 4.69) is 9.46 Å². The highest BCUT2D eigenvalue weighted by Gasteiger charge is 2.12. The van der Waals surface area contributed by atoms with Gasteiger partial charge in [-0.05, 0) is 18.2 Å². The van der Waals surface area contributed by atoms with Crippen LogP contribution >= 0.6 is 0 Å². The van der Waals surface area contributed by atoms with Gasteiger partial charge >= 0.3 is 5.97 Å². The molecule has 0 bridgehead atoms. The van der Waals surface area contributed by atoms with Crippen molar-refractivity contribution in [3.05, 3.63) is 23.8 Å². The zero-order valence-corrected chi connectivity index (χ0v) is 10.5. The lowest BCUT2D eigenvalue weighted by Crippen LogP contribution is -2.11. The van der Waals surface area contributed by atoms with Crippen LogP contribution in [0.3, 0.4) is 0 Å². The molecule has 0 amide bonds. The predicted molar refractivity (Wildman–Crippen MR) is 62.8 cm³/mol. The summed E-state index contributed by atoms with van der Waals surface area (Å²) in [6.07, 6.45) is 1.03. The van der Waals surface area contributed by atoms with Crippen molar-refractivity contribution in [1.29, 1.82) is 0 Å². The van der Waals surface area contributed by atoms with E-state index in [0.717, 1.165) is 6.26 Å². The Bertz CT molecular complexity index is 523. The van der Waals surface area contributed by atoms with E-state index in [1.165, 1.54) is 32.4 Å². The van der Waals surface area contributed by atoms with Crippen molar-refractivity contribution >= 4 is 21.7 Å². The number of hydrogen-bond acceptors (Lipinski definition) is 5. The smallest absolute Gasteiger partial charge is 0.337 e. The van der Waals surface area contributed by atoms with Crippen LogP contribution in [0.15, 0.2) is 18.2 Å². The highest BCUT2D eigenvalue weighted by Crippen LogP contribution is 2.26. The Labute approximate surface area is 99.6 Å². The molecule has 1 aromatic carbocycles. The van der Waals surface area contributed by atoms with E-state index >= 15 is 0 Å². The van der Waals surface area contributed by atoms with Gasteiger partial charge in [0.05, 0.1) is 31.7 Å². The summed E-state index contributed by atoms with van der Waals surface area (Å²) < 4.78 is 34.0. The second-order valence-corrected chi connectivity index (χ2v) is 5.03. The Morgan fingerprint density at radius 2 is 1.94 bits per heavy atom. The zero-order valence-electron chi connectivity index (χ0n) is 9.68. The number of methoxy groups -OCH3 is 2. The molecular weight excluding hydrogens is 246 g/mol. The van der Waals surface area contributed by atoms with Crippen LogP contribution in [0.5, 0.6) is 5.75 Å². The summed E-state index contributed by atoms with van der Waals surface area (Å²) >= 11 is 0. The quantitative estimate of drug-likeness (QED) is 0.811. The molecular formula is C10H13NO5S. The van der Waals surface area contributed by atoms with Gasteiger partial charge in [0.1, 0.15) is 5.75 Å². The van der Waals surface area contributed by atoms with Gasteiger partial charge in [-0.3, -0.25) is 4.72 Å². The molecule has 17 heavy (non-hydrogen) atoms. The Hall–Kier alpha value is -1.76. The van der Waals surface area contributed by atoms with Gasteiger partial charge in [-0.1, -0.05) is 0 Å². The number of carbonyl (C=O) groups is 1. The van der Waals surface area contributed by atoms with Gasteiger partial charge in [-0.25, -0.2) is 13.2 Å². The maximum absolute atomic E-state index is 11.3. The van der Waals surface area contributed by atoms with Crippen LogP contribution in [-0.2, 0) is 14.8 Å². The molecule has 0 aliphatic rings. The van der Waals surface area contributed by atoms with Crippen LogP contribution in [0.1, 0.15) is 10.4 Å². The average Bonchev–Trinajstić information content (AvgIpc) is 2.26. The number of carbonyl (C=O) groups excluding carboxylic acids is 1. The first-order chi connectivity index (χ1) is 7.87. The molecule has 0 unspecified atom stereocenters. The number of esters is 1. The largest absolute Gasteiger partial charge is 0.495 e. The van der Waals surface area contributed by atoms with Crippen LogP contribution in [0.25, 0.3) is 0 Å². The minimum absolute atomic E-state index is 0.248. The Balaban J connectivity index is 3.14. The normalized spacial score (nSPS) is 10.8. The third-order valence-corrected chi connectivity index (χ3v) is 2.51. The molecule has 0 spiro atoms. The molecule has 0 atom stereocenters. The molecule has 0 saturated heterocycles. The molecule has 1 N–H and O–H groups in total. The summed E-state index contributed by atoms with van der Waals surface area (Å²) in [5.41, 5.74) is 0.547. The zero-order chi connectivity index (χ0) is 13.1. The number of nitrogens with one attached hydrogen (secondary N) is 1. The first-order valence-corrected chi connectivity index (χ1v) is 6.50. The van der Waals surface area contributed by atoms with Crippen LogP contribution in [-0.4, -0.2) is 34.9 Å². The summed E-state index contributed by atoms with van der Waals surface area (Å²) in [6, 6.07) is 4.29. The van der Waals surface area contributed by atoms with Gasteiger partial charge in [0.15, 0.2) is 0 Å². The van der Waals surface area contributed by atoms with Crippen molar-refractivity contribution in [2.75, 3.05) is 25.2 Å². The number of hydrogen-bond donors (Lipinski definition) is 1. The summed E-state index contributed by atoms with van der Waals surface area (Å²) in [4.78, 5) is 11.3. The summed E-state index contributed by atoms with van der Waals surface area (Å²) in [5.74, 6) is -0.271. The Kier molecular flexibility index (Phi) is 3.95. The molecule has 0 heterocycles. The molecule has 0 aliphatic heterocycles. The SMILES string of the molecule is COC(=O)c1ccc(NS(C)(=O)=O)c(OC)c1. The van der Waals surface area contributed by atoms with Crippen LogP contribution in [0, 0.1) is 0 Å². The van der Waals surface area contributed by atoms with Gasteiger partial charge < -0.3 is 9.47 Å². The summed E-state index contributed by atoms with van der Waals surface area (Å²) in [7, 11) is -0.754. The van der Waals surface area contributed by atoms with E-state index in [1.807, 2.05) is 0 Å². The molecule has 0 fully saturated rings. The number of sulfonamides is 1. The number of anilines is 1. The van der Waals surface area contributed by atoms with Crippen molar-refractivity contribution < 1.29 is 22.7 Å². The van der Waals surface area contributed by atoms with Crippen LogP contribution < -0.4 is 9.46 Å². The van der Waals surface area contributed by atoms with Crippen LogP contribution in [0.4, 0.5) is 5.69 Å². The van der Waals surface area contributed by atoms with Gasteiger partial charge in [0.2, 0.25) is 10.0 Å². The van der Waals surface area contributed by atoms with E-state index in [-0.39, 0.29) is 17.0 Å². The minimum Gasteiger partial charge on any atom is -0.495 e. The maximum Gasteiger partial charge on any atom is 0.337 e. The molecule has 0 aliphatic carbocycles. The third-order valence-electron chi connectivity index (χ3n) is 1.92. The lowest BCUT2D eigenvalue weighted by atomic mass is 10.2. The predicted octanol–water partition coefficient (Wildman–Crippen LogP) is 0.853. The van der Waals surface area contributed by atoms with Gasteiger partial charge in [-0.15, -0.1) is 0 Å². The van der Waals surface area contributed by atoms with Crippen molar-refractivity contribution in [2.45, 2.75) is 0 Å². The Morgan fingerprint density at radius 1 is 1.29 bits per heavy atom. The van der Waals surface area contributed by atoms with Crippen molar-refractivity contribution in [3.63, 3.8) is 0 Å². The highest BCUT2D eigenvalue weighted by atomic mass is 32.2. The number of benzene rings is 1. The summed E-state index contributed by atoms with van der Waals surface area (Å²) in [6.45, 7) is 0. The van der Waals surface area contributed by atoms with Gasteiger partial charge in [0.25, 0.3) is 0 Å². The second kappa shape index (κ2) is 5.05. The fourth-order valence-corrected chi connectivity index (χ4v) is 1.79. The van der Waals surface area contributed by atoms with Crippen molar-refractivity contribution in [1.82, 2.24) is 0 Å². The fraction of sp³-hybridized carbons (Fsp3) is 0.300. The lowest BCUT2D eigenvalue weighted by Gasteiger charge is -2.10. The van der Waals surface area contributed by atoms with E-state index in [1.54, 1.807) is 0 Å². The molecule has 1 rings (SSSR count). The van der Waals surface area contributed by atoms with E-state index in [4.69, 9.17) is 4.74 Å². The first-order valence-electron chi connectivity index (χ1n) is 4.61. The van der Waals surface area contributed by atoms with Gasteiger partial charge in [-0.2, -0.15) is 0 Å². The van der Waals surface area contributed by atoms with E-state index in [0.29, 0.717) is 0 Å². The van der Waals surface area contributed by atoms with E-state index in [9.17, 15) is 13.2 Å². The molecule has 0 saturated carbocycles. The van der Waals surface area contributed by atoms with Gasteiger partial charge in [0, 0.05) is 0 Å². The molecule has 94 valence electrons. The van der Waals surface area contributed by atoms with E-state index < -0.39 is 16.0 Å². The fourth-order valence-electron chi connectivity index (χ4n) is 1.22.